The molecule has 0 aliphatic rings. The van der Waals surface area contributed by atoms with Crippen LogP contribution < -0.4 is 5.32 Å². The second-order valence-electron chi connectivity index (χ2n) is 4.54. The van der Waals surface area contributed by atoms with E-state index in [2.05, 4.69) is 5.32 Å². The number of hydrogen-bond acceptors (Lipinski definition) is 5. The van der Waals surface area contributed by atoms with Gasteiger partial charge in [0.15, 0.2) is 8.83 Å². The van der Waals surface area contributed by atoms with Gasteiger partial charge in [-0.2, -0.15) is 0 Å². The minimum Gasteiger partial charge on any atom is -0.477 e. The zero-order valence-corrected chi connectivity index (χ0v) is 12.1. The van der Waals surface area contributed by atoms with Gasteiger partial charge in [-0.25, -0.2) is 9.59 Å². The molecule has 18 heavy (non-hydrogen) atoms. The summed E-state index contributed by atoms with van der Waals surface area (Å²) in [5.74, 6) is -1.01. The van der Waals surface area contributed by atoms with Gasteiger partial charge in [0.05, 0.1) is 0 Å². The molecule has 2 N–H and O–H groups in total. The highest BCUT2D eigenvalue weighted by molar-refractivity contribution is 7.73. The molecule has 1 rings (SSSR count). The highest BCUT2D eigenvalue weighted by Crippen LogP contribution is 2.24. The molecule has 1 heterocycles. The van der Waals surface area contributed by atoms with Crippen LogP contribution in [0.3, 0.4) is 0 Å². The van der Waals surface area contributed by atoms with Gasteiger partial charge in [0, 0.05) is 7.05 Å². The molecule has 1 aromatic rings. The van der Waals surface area contributed by atoms with E-state index in [0.29, 0.717) is 3.95 Å². The average Bonchev–Trinajstić information content (AvgIpc) is 2.43. The molecule has 0 bridgehead atoms. The number of ether oxygens (including phenoxy) is 1. The molecular formula is C10H14N2O4S2. The lowest BCUT2D eigenvalue weighted by Gasteiger charge is -2.19. The molecule has 1 aromatic heterocycles. The molecule has 0 unspecified atom stereocenters. The van der Waals surface area contributed by atoms with E-state index in [4.69, 9.17) is 22.1 Å². The van der Waals surface area contributed by atoms with Gasteiger partial charge in [-0.05, 0) is 33.0 Å². The summed E-state index contributed by atoms with van der Waals surface area (Å²) in [5.41, 5.74) is -0.654. The first-order chi connectivity index (χ1) is 8.11. The van der Waals surface area contributed by atoms with E-state index < -0.39 is 17.7 Å². The van der Waals surface area contributed by atoms with Crippen molar-refractivity contribution in [2.75, 3.05) is 5.32 Å². The molecule has 0 aromatic carbocycles. The Bertz CT molecular complexity index is 539. The molecule has 6 nitrogen and oxygen atoms in total. The lowest BCUT2D eigenvalue weighted by molar-refractivity contribution is 0.0635. The summed E-state index contributed by atoms with van der Waals surface area (Å²) in [5, 5.41) is 11.4. The number of carbonyl (C=O) groups excluding carboxylic acids is 1. The van der Waals surface area contributed by atoms with E-state index in [0.717, 1.165) is 11.3 Å². The van der Waals surface area contributed by atoms with Gasteiger partial charge in [0.25, 0.3) is 0 Å². The number of carbonyl (C=O) groups is 2. The normalized spacial score (nSPS) is 11.1. The first kappa shape index (κ1) is 14.7. The Kier molecular flexibility index (Phi) is 4.12. The zero-order chi connectivity index (χ0) is 14.1. The van der Waals surface area contributed by atoms with Crippen LogP contribution in [0.15, 0.2) is 0 Å². The van der Waals surface area contributed by atoms with E-state index in [1.165, 1.54) is 4.57 Å². The van der Waals surface area contributed by atoms with Crippen LogP contribution in [-0.4, -0.2) is 27.3 Å². The predicted molar refractivity (Wildman–Crippen MR) is 70.9 cm³/mol. The maximum Gasteiger partial charge on any atom is 0.413 e. The molecule has 0 spiro atoms. The second kappa shape index (κ2) is 5.07. The number of nitrogens with zero attached hydrogens (tertiary/aromatic N) is 1. The fraction of sp³-hybridized carbons (Fsp3) is 0.500. The molecule has 0 saturated carbocycles. The number of nitrogens with one attached hydrogen (secondary N) is 1. The summed E-state index contributed by atoms with van der Waals surface area (Å²) >= 11 is 5.89. The molecular weight excluding hydrogens is 276 g/mol. The van der Waals surface area contributed by atoms with E-state index in [-0.39, 0.29) is 10.7 Å². The number of carboxylic acid groups (broad SMARTS) is 1. The van der Waals surface area contributed by atoms with Crippen LogP contribution in [0, 0.1) is 3.95 Å². The lowest BCUT2D eigenvalue weighted by atomic mass is 10.2. The summed E-state index contributed by atoms with van der Waals surface area (Å²) in [6, 6.07) is 0. The van der Waals surface area contributed by atoms with Gasteiger partial charge in [-0.1, -0.05) is 11.3 Å². The Hall–Kier alpha value is -1.41. The minimum absolute atomic E-state index is 0.0200. The van der Waals surface area contributed by atoms with Gasteiger partial charge in [0.1, 0.15) is 11.4 Å². The molecule has 0 radical (unpaired) electrons. The highest BCUT2D eigenvalue weighted by Gasteiger charge is 2.22. The summed E-state index contributed by atoms with van der Waals surface area (Å²) in [7, 11) is 1.58. The van der Waals surface area contributed by atoms with E-state index in [1.54, 1.807) is 27.8 Å². The summed E-state index contributed by atoms with van der Waals surface area (Å²) in [6.07, 6.45) is -0.714. The third-order valence-electron chi connectivity index (χ3n) is 1.83. The lowest BCUT2D eigenvalue weighted by Crippen LogP contribution is -2.28. The van der Waals surface area contributed by atoms with Crippen molar-refractivity contribution in [1.29, 1.82) is 0 Å². The first-order valence-corrected chi connectivity index (χ1v) is 6.27. The van der Waals surface area contributed by atoms with Crippen molar-refractivity contribution in [3.63, 3.8) is 0 Å². The molecule has 0 aliphatic heterocycles. The van der Waals surface area contributed by atoms with Gasteiger partial charge in [0.2, 0.25) is 0 Å². The van der Waals surface area contributed by atoms with Crippen LogP contribution in [0.25, 0.3) is 0 Å². The van der Waals surface area contributed by atoms with Crippen LogP contribution in [-0.2, 0) is 11.8 Å². The Morgan fingerprint density at radius 3 is 2.44 bits per heavy atom. The number of aromatic nitrogens is 1. The highest BCUT2D eigenvalue weighted by atomic mass is 32.1. The Labute approximate surface area is 113 Å². The number of hydrogen-bond donors (Lipinski definition) is 2. The topological polar surface area (TPSA) is 80.6 Å². The van der Waals surface area contributed by atoms with Crippen LogP contribution in [0.4, 0.5) is 10.6 Å². The smallest absolute Gasteiger partial charge is 0.413 e. The largest absolute Gasteiger partial charge is 0.477 e. The van der Waals surface area contributed by atoms with Crippen molar-refractivity contribution in [2.45, 2.75) is 26.4 Å². The van der Waals surface area contributed by atoms with Crippen LogP contribution in [0.1, 0.15) is 30.4 Å². The predicted octanol–water partition coefficient (Wildman–Crippen LogP) is 2.86. The van der Waals surface area contributed by atoms with Crippen LogP contribution >= 0.6 is 23.6 Å². The Morgan fingerprint density at radius 2 is 2.00 bits per heavy atom. The van der Waals surface area contributed by atoms with E-state index in [9.17, 15) is 9.59 Å². The number of rotatable bonds is 2. The van der Waals surface area contributed by atoms with Crippen molar-refractivity contribution in [3.05, 3.63) is 8.83 Å². The van der Waals surface area contributed by atoms with Gasteiger partial charge < -0.3 is 14.4 Å². The maximum absolute atomic E-state index is 11.6. The fourth-order valence-corrected chi connectivity index (χ4v) is 2.25. The van der Waals surface area contributed by atoms with Gasteiger partial charge in [-0.3, -0.25) is 5.32 Å². The quantitative estimate of drug-likeness (QED) is 0.819. The molecule has 1 amide bonds. The van der Waals surface area contributed by atoms with E-state index in [1.807, 2.05) is 0 Å². The van der Waals surface area contributed by atoms with Crippen molar-refractivity contribution >= 4 is 41.4 Å². The molecule has 0 aliphatic carbocycles. The monoisotopic (exact) mass is 290 g/mol. The third-order valence-corrected chi connectivity index (χ3v) is 3.37. The zero-order valence-electron chi connectivity index (χ0n) is 10.4. The summed E-state index contributed by atoms with van der Waals surface area (Å²) in [4.78, 5) is 22.6. The number of anilines is 1. The molecule has 0 fully saturated rings. The first-order valence-electron chi connectivity index (χ1n) is 5.05. The molecule has 0 saturated heterocycles. The Balaban J connectivity index is 3.01. The number of aromatic carboxylic acids is 1. The summed E-state index contributed by atoms with van der Waals surface area (Å²) < 4.78 is 6.84. The summed E-state index contributed by atoms with van der Waals surface area (Å²) in [6.45, 7) is 5.16. The van der Waals surface area contributed by atoms with Crippen molar-refractivity contribution in [2.24, 2.45) is 7.05 Å². The van der Waals surface area contributed by atoms with Gasteiger partial charge in [-0.15, -0.1) is 0 Å². The van der Waals surface area contributed by atoms with Gasteiger partial charge >= 0.3 is 12.1 Å². The number of carboxylic acids is 1. The Morgan fingerprint density at radius 1 is 1.44 bits per heavy atom. The SMILES string of the molecule is Cn1c(NC(=O)OC(C)(C)C)c(C(=O)O)sc1=S. The molecule has 0 atom stereocenters. The van der Waals surface area contributed by atoms with Crippen molar-refractivity contribution in [1.82, 2.24) is 4.57 Å². The minimum atomic E-state index is -1.14. The van der Waals surface area contributed by atoms with Crippen molar-refractivity contribution in [3.8, 4) is 0 Å². The third kappa shape index (κ3) is 3.54. The number of amides is 1. The molecule has 8 heteroatoms. The number of thiazole rings is 1. The van der Waals surface area contributed by atoms with E-state index >= 15 is 0 Å². The second-order valence-corrected chi connectivity index (χ2v) is 6.18. The fourth-order valence-electron chi connectivity index (χ4n) is 1.13. The van der Waals surface area contributed by atoms with Crippen molar-refractivity contribution < 1.29 is 19.4 Å². The standard InChI is InChI=1S/C10H14N2O4S2/c1-10(2,3)16-8(15)11-6-5(7(13)14)18-9(17)12(6)4/h1-4H3,(H,11,15)(H,13,14). The van der Waals surface area contributed by atoms with Crippen LogP contribution in [0.2, 0.25) is 0 Å². The average molecular weight is 290 g/mol. The molecule has 100 valence electrons. The van der Waals surface area contributed by atoms with Crippen LogP contribution in [0.5, 0.6) is 0 Å². The maximum atomic E-state index is 11.6.